The van der Waals surface area contributed by atoms with E-state index in [1.807, 2.05) is 6.26 Å². The van der Waals surface area contributed by atoms with Crippen LogP contribution >= 0.6 is 11.8 Å². The molecule has 1 aromatic rings. The van der Waals surface area contributed by atoms with Crippen LogP contribution in [0.4, 0.5) is 5.69 Å². The Morgan fingerprint density at radius 3 is 3.08 bits per heavy atom. The number of pyridine rings is 1. The van der Waals surface area contributed by atoms with Gasteiger partial charge in [-0.15, -0.1) is 0 Å². The third-order valence-corrected chi connectivity index (χ3v) is 2.18. The number of thioether (sulfide) groups is 1. The standard InChI is InChI=1S/C8H12N2OS/c1-12-6-5-10-4-2-3-7(9)8(10)11/h2-4H,5-6,9H2,1H3. The number of rotatable bonds is 3. The summed E-state index contributed by atoms with van der Waals surface area (Å²) in [6, 6.07) is 3.41. The fourth-order valence-electron chi connectivity index (χ4n) is 0.921. The lowest BCUT2D eigenvalue weighted by molar-refractivity contribution is 0.738. The van der Waals surface area contributed by atoms with Crippen LogP contribution in [0.15, 0.2) is 23.1 Å². The van der Waals surface area contributed by atoms with Gasteiger partial charge in [0, 0.05) is 18.5 Å². The Hall–Kier alpha value is -0.900. The molecule has 66 valence electrons. The molecule has 0 spiro atoms. The first kappa shape index (κ1) is 9.19. The van der Waals surface area contributed by atoms with E-state index in [1.165, 1.54) is 0 Å². The predicted octanol–water partition coefficient (Wildman–Crippen LogP) is 0.794. The van der Waals surface area contributed by atoms with Crippen molar-refractivity contribution in [3.63, 3.8) is 0 Å². The molecule has 0 radical (unpaired) electrons. The van der Waals surface area contributed by atoms with Crippen molar-refractivity contribution < 1.29 is 0 Å². The van der Waals surface area contributed by atoms with Gasteiger partial charge in [-0.1, -0.05) is 0 Å². The Morgan fingerprint density at radius 2 is 2.42 bits per heavy atom. The maximum Gasteiger partial charge on any atom is 0.273 e. The Bertz CT molecular complexity index is 308. The summed E-state index contributed by atoms with van der Waals surface area (Å²) in [7, 11) is 0. The largest absolute Gasteiger partial charge is 0.394 e. The number of nitrogens with zero attached hydrogens (tertiary/aromatic N) is 1. The minimum absolute atomic E-state index is 0.0912. The molecule has 0 atom stereocenters. The SMILES string of the molecule is CSCCn1cccc(N)c1=O. The summed E-state index contributed by atoms with van der Waals surface area (Å²) in [6.07, 6.45) is 3.77. The summed E-state index contributed by atoms with van der Waals surface area (Å²) in [4.78, 5) is 11.3. The fourth-order valence-corrected chi connectivity index (χ4v) is 1.30. The second-order valence-corrected chi connectivity index (χ2v) is 3.44. The van der Waals surface area contributed by atoms with E-state index in [2.05, 4.69) is 0 Å². The highest BCUT2D eigenvalue weighted by molar-refractivity contribution is 7.98. The summed E-state index contributed by atoms with van der Waals surface area (Å²) in [5.74, 6) is 0.934. The van der Waals surface area contributed by atoms with E-state index in [0.29, 0.717) is 5.69 Å². The molecule has 3 nitrogen and oxygen atoms in total. The van der Waals surface area contributed by atoms with Gasteiger partial charge in [-0.25, -0.2) is 0 Å². The summed E-state index contributed by atoms with van der Waals surface area (Å²) in [5, 5.41) is 0. The normalized spacial score (nSPS) is 10.1. The van der Waals surface area contributed by atoms with Gasteiger partial charge in [0.25, 0.3) is 5.56 Å². The van der Waals surface area contributed by atoms with Crippen LogP contribution in [0.1, 0.15) is 0 Å². The van der Waals surface area contributed by atoms with Crippen molar-refractivity contribution in [2.24, 2.45) is 0 Å². The van der Waals surface area contributed by atoms with Gasteiger partial charge in [0.2, 0.25) is 0 Å². The Labute approximate surface area is 75.6 Å². The summed E-state index contributed by atoms with van der Waals surface area (Å²) < 4.78 is 1.63. The van der Waals surface area contributed by atoms with Gasteiger partial charge in [0.1, 0.15) is 0 Å². The average molecular weight is 184 g/mol. The first-order valence-electron chi connectivity index (χ1n) is 3.69. The molecule has 0 fully saturated rings. The van der Waals surface area contributed by atoms with Crippen LogP contribution in [-0.2, 0) is 6.54 Å². The summed E-state index contributed by atoms with van der Waals surface area (Å²) in [6.45, 7) is 0.727. The van der Waals surface area contributed by atoms with Crippen molar-refractivity contribution in [2.75, 3.05) is 17.7 Å². The van der Waals surface area contributed by atoms with Gasteiger partial charge in [-0.05, 0) is 18.4 Å². The molecule has 0 aromatic carbocycles. The number of aryl methyl sites for hydroxylation is 1. The van der Waals surface area contributed by atoms with Crippen LogP contribution in [0.2, 0.25) is 0 Å². The minimum atomic E-state index is -0.0912. The van der Waals surface area contributed by atoms with Crippen molar-refractivity contribution in [3.8, 4) is 0 Å². The zero-order valence-corrected chi connectivity index (χ0v) is 7.80. The molecule has 12 heavy (non-hydrogen) atoms. The van der Waals surface area contributed by atoms with E-state index in [-0.39, 0.29) is 5.56 Å². The molecule has 0 aliphatic carbocycles. The van der Waals surface area contributed by atoms with E-state index in [4.69, 9.17) is 5.73 Å². The summed E-state index contributed by atoms with van der Waals surface area (Å²) in [5.41, 5.74) is 5.68. The van der Waals surface area contributed by atoms with Crippen LogP contribution in [-0.4, -0.2) is 16.6 Å². The van der Waals surface area contributed by atoms with Crippen LogP contribution in [0.5, 0.6) is 0 Å². The van der Waals surface area contributed by atoms with E-state index in [9.17, 15) is 4.79 Å². The topological polar surface area (TPSA) is 48.0 Å². The maximum atomic E-state index is 11.3. The molecule has 0 aliphatic rings. The quantitative estimate of drug-likeness (QED) is 0.755. The van der Waals surface area contributed by atoms with Gasteiger partial charge in [-0.2, -0.15) is 11.8 Å². The molecule has 0 aliphatic heterocycles. The third-order valence-electron chi connectivity index (χ3n) is 1.59. The highest BCUT2D eigenvalue weighted by atomic mass is 32.2. The predicted molar refractivity (Wildman–Crippen MR) is 53.5 cm³/mol. The molecular formula is C8H12N2OS. The van der Waals surface area contributed by atoms with Crippen molar-refractivity contribution in [1.29, 1.82) is 0 Å². The number of hydrogen-bond acceptors (Lipinski definition) is 3. The summed E-state index contributed by atoms with van der Waals surface area (Å²) >= 11 is 1.71. The lowest BCUT2D eigenvalue weighted by Crippen LogP contribution is -2.22. The first-order chi connectivity index (χ1) is 5.75. The molecule has 0 saturated carbocycles. The number of anilines is 1. The number of nitrogen functional groups attached to an aromatic ring is 1. The van der Waals surface area contributed by atoms with Crippen LogP contribution in [0.3, 0.4) is 0 Å². The van der Waals surface area contributed by atoms with Crippen LogP contribution in [0, 0.1) is 0 Å². The molecule has 0 bridgehead atoms. The molecule has 2 N–H and O–H groups in total. The Morgan fingerprint density at radius 1 is 1.67 bits per heavy atom. The van der Waals surface area contributed by atoms with Crippen LogP contribution in [0.25, 0.3) is 0 Å². The second-order valence-electron chi connectivity index (χ2n) is 2.45. The maximum absolute atomic E-state index is 11.3. The van der Waals surface area contributed by atoms with Crippen molar-refractivity contribution in [2.45, 2.75) is 6.54 Å². The second kappa shape index (κ2) is 4.21. The molecule has 0 unspecified atom stereocenters. The first-order valence-corrected chi connectivity index (χ1v) is 5.09. The lowest BCUT2D eigenvalue weighted by Gasteiger charge is -2.03. The zero-order valence-electron chi connectivity index (χ0n) is 6.99. The van der Waals surface area contributed by atoms with Gasteiger partial charge < -0.3 is 10.3 Å². The van der Waals surface area contributed by atoms with Crippen molar-refractivity contribution in [3.05, 3.63) is 28.7 Å². The molecule has 1 heterocycles. The zero-order chi connectivity index (χ0) is 8.97. The van der Waals surface area contributed by atoms with Gasteiger partial charge in [0.15, 0.2) is 0 Å². The van der Waals surface area contributed by atoms with Crippen molar-refractivity contribution in [1.82, 2.24) is 4.57 Å². The number of hydrogen-bond donors (Lipinski definition) is 1. The van der Waals surface area contributed by atoms with E-state index in [1.54, 1.807) is 34.7 Å². The third kappa shape index (κ3) is 2.04. The van der Waals surface area contributed by atoms with E-state index in [0.717, 1.165) is 12.3 Å². The molecule has 0 saturated heterocycles. The lowest BCUT2D eigenvalue weighted by atomic mass is 10.4. The number of aromatic nitrogens is 1. The van der Waals surface area contributed by atoms with E-state index >= 15 is 0 Å². The minimum Gasteiger partial charge on any atom is -0.394 e. The van der Waals surface area contributed by atoms with Gasteiger partial charge >= 0.3 is 0 Å². The monoisotopic (exact) mass is 184 g/mol. The highest BCUT2D eigenvalue weighted by Crippen LogP contribution is 1.95. The van der Waals surface area contributed by atoms with Crippen molar-refractivity contribution >= 4 is 17.4 Å². The average Bonchev–Trinajstić information content (AvgIpc) is 2.08. The molecule has 1 rings (SSSR count). The fraction of sp³-hybridized carbons (Fsp3) is 0.375. The molecular weight excluding hydrogens is 172 g/mol. The number of nitrogens with two attached hydrogens (primary N) is 1. The van der Waals surface area contributed by atoms with Crippen LogP contribution < -0.4 is 11.3 Å². The highest BCUT2D eigenvalue weighted by Gasteiger charge is 1.96. The van der Waals surface area contributed by atoms with Gasteiger partial charge in [-0.3, -0.25) is 4.79 Å². The molecule has 4 heteroatoms. The smallest absolute Gasteiger partial charge is 0.273 e. The Kier molecular flexibility index (Phi) is 3.22. The Balaban J connectivity index is 2.85. The van der Waals surface area contributed by atoms with Gasteiger partial charge in [0.05, 0.1) is 5.69 Å². The molecule has 0 amide bonds. The molecule has 1 aromatic heterocycles. The van der Waals surface area contributed by atoms with E-state index < -0.39 is 0 Å².